The smallest absolute Gasteiger partial charge is 0.406 e. The molecule has 0 radical (unpaired) electrons. The zero-order valence-corrected chi connectivity index (χ0v) is 17.3. The van der Waals surface area contributed by atoms with E-state index in [4.69, 9.17) is 0 Å². The molecule has 0 aromatic heterocycles. The number of alkyl halides is 3. The van der Waals surface area contributed by atoms with Gasteiger partial charge in [0.25, 0.3) is 11.6 Å². The topological polar surface area (TPSA) is 122 Å². The normalized spacial score (nSPS) is 18.2. The van der Waals surface area contributed by atoms with Crippen molar-refractivity contribution in [2.45, 2.75) is 18.8 Å². The third-order valence-electron chi connectivity index (χ3n) is 5.06. The van der Waals surface area contributed by atoms with Crippen LogP contribution in [0.2, 0.25) is 0 Å². The quantitative estimate of drug-likeness (QED) is 0.397. The number of rotatable bonds is 6. The Morgan fingerprint density at radius 3 is 2.24 bits per heavy atom. The van der Waals surface area contributed by atoms with Crippen LogP contribution in [0.25, 0.3) is 0 Å². The molecule has 1 fully saturated rings. The van der Waals surface area contributed by atoms with Crippen LogP contribution in [-0.4, -0.2) is 47.6 Å². The number of benzene rings is 2. The number of carbonyl (C=O) groups is 3. The van der Waals surface area contributed by atoms with Gasteiger partial charge in [-0.1, -0.05) is 12.1 Å². The van der Waals surface area contributed by atoms with Crippen LogP contribution in [0.1, 0.15) is 12.5 Å². The standard InChI is InChI=1S/C20H17F3N4O6/c1-19(12-3-9-15(10-4-12)33-20(21,22)23)17(29)26(18(30)24-19)11-16(28)25(2)13-5-7-14(8-6-13)27(31)32/h3-10H,11H2,1-2H3,(H,24,30). The molecule has 1 N–H and O–H groups in total. The number of hydrogen-bond acceptors (Lipinski definition) is 6. The Kier molecular flexibility index (Phi) is 5.99. The van der Waals surface area contributed by atoms with Gasteiger partial charge in [0.15, 0.2) is 0 Å². The molecular formula is C20H17F3N4O6. The first-order valence-electron chi connectivity index (χ1n) is 9.33. The first-order valence-corrected chi connectivity index (χ1v) is 9.33. The summed E-state index contributed by atoms with van der Waals surface area (Å²) >= 11 is 0. The Labute approximate surface area is 184 Å². The van der Waals surface area contributed by atoms with Crippen molar-refractivity contribution in [2.75, 3.05) is 18.5 Å². The van der Waals surface area contributed by atoms with Crippen LogP contribution in [0.5, 0.6) is 5.75 Å². The van der Waals surface area contributed by atoms with Crippen molar-refractivity contribution >= 4 is 29.2 Å². The van der Waals surface area contributed by atoms with Gasteiger partial charge in [-0.05, 0) is 36.8 Å². The second kappa shape index (κ2) is 8.41. The van der Waals surface area contributed by atoms with E-state index in [1.165, 1.54) is 50.4 Å². The summed E-state index contributed by atoms with van der Waals surface area (Å²) in [6.45, 7) is 0.736. The van der Waals surface area contributed by atoms with Gasteiger partial charge in [0, 0.05) is 24.9 Å². The summed E-state index contributed by atoms with van der Waals surface area (Å²) in [5.41, 5.74) is -1.29. The molecule has 1 heterocycles. The molecule has 0 aliphatic carbocycles. The molecule has 0 bridgehead atoms. The van der Waals surface area contributed by atoms with Crippen LogP contribution in [0, 0.1) is 10.1 Å². The summed E-state index contributed by atoms with van der Waals surface area (Å²) < 4.78 is 40.8. The number of nitro benzene ring substituents is 1. The molecule has 1 saturated heterocycles. The van der Waals surface area contributed by atoms with Crippen molar-refractivity contribution in [2.24, 2.45) is 0 Å². The highest BCUT2D eigenvalue weighted by Gasteiger charge is 2.49. The molecule has 2 aromatic carbocycles. The third-order valence-corrected chi connectivity index (χ3v) is 5.06. The Morgan fingerprint density at radius 2 is 1.73 bits per heavy atom. The number of nitrogens with one attached hydrogen (secondary N) is 1. The lowest BCUT2D eigenvalue weighted by Crippen LogP contribution is -2.43. The van der Waals surface area contributed by atoms with Gasteiger partial charge >= 0.3 is 12.4 Å². The summed E-state index contributed by atoms with van der Waals surface area (Å²) in [5.74, 6) is -1.92. The first kappa shape index (κ1) is 23.5. The predicted molar refractivity (Wildman–Crippen MR) is 107 cm³/mol. The molecule has 3 rings (SSSR count). The molecule has 10 nitrogen and oxygen atoms in total. The van der Waals surface area contributed by atoms with Gasteiger partial charge in [0.05, 0.1) is 4.92 Å². The Morgan fingerprint density at radius 1 is 1.15 bits per heavy atom. The Balaban J connectivity index is 1.73. The molecule has 0 spiro atoms. The summed E-state index contributed by atoms with van der Waals surface area (Å²) in [7, 11) is 1.38. The molecule has 1 aliphatic rings. The second-order valence-corrected chi connectivity index (χ2v) is 7.24. The van der Waals surface area contributed by atoms with Crippen molar-refractivity contribution in [1.82, 2.24) is 10.2 Å². The van der Waals surface area contributed by atoms with E-state index >= 15 is 0 Å². The lowest BCUT2D eigenvalue weighted by Gasteiger charge is -2.23. The van der Waals surface area contributed by atoms with Gasteiger partial charge in [-0.3, -0.25) is 24.6 Å². The summed E-state index contributed by atoms with van der Waals surface area (Å²) in [4.78, 5) is 50.0. The predicted octanol–water partition coefficient (Wildman–Crippen LogP) is 2.92. The highest BCUT2D eigenvalue weighted by atomic mass is 19.4. The number of amides is 4. The van der Waals surface area contributed by atoms with E-state index in [0.29, 0.717) is 10.6 Å². The number of anilines is 1. The lowest BCUT2D eigenvalue weighted by atomic mass is 9.92. The van der Waals surface area contributed by atoms with Crippen LogP contribution >= 0.6 is 0 Å². The van der Waals surface area contributed by atoms with E-state index in [9.17, 15) is 37.7 Å². The van der Waals surface area contributed by atoms with Gasteiger partial charge in [-0.2, -0.15) is 0 Å². The molecule has 174 valence electrons. The van der Waals surface area contributed by atoms with Crippen molar-refractivity contribution in [3.8, 4) is 5.75 Å². The largest absolute Gasteiger partial charge is 0.573 e. The van der Waals surface area contributed by atoms with Crippen LogP contribution in [0.4, 0.5) is 29.3 Å². The minimum atomic E-state index is -4.88. The molecule has 13 heteroatoms. The van der Waals surface area contributed by atoms with E-state index in [-0.39, 0.29) is 11.3 Å². The van der Waals surface area contributed by atoms with Gasteiger partial charge in [0.1, 0.15) is 17.8 Å². The molecule has 0 saturated carbocycles. The molecule has 2 aromatic rings. The SMILES string of the molecule is CN(C(=O)CN1C(=O)NC(C)(c2ccc(OC(F)(F)F)cc2)C1=O)c1ccc([N+](=O)[O-])cc1. The minimum Gasteiger partial charge on any atom is -0.406 e. The number of ether oxygens (including phenoxy) is 1. The molecule has 33 heavy (non-hydrogen) atoms. The molecule has 1 aliphatic heterocycles. The number of nitrogens with zero attached hydrogens (tertiary/aromatic N) is 3. The summed E-state index contributed by atoms with van der Waals surface area (Å²) in [5, 5.41) is 13.2. The summed E-state index contributed by atoms with van der Waals surface area (Å²) in [6.07, 6.45) is -4.88. The van der Waals surface area contributed by atoms with E-state index < -0.39 is 47.0 Å². The van der Waals surface area contributed by atoms with Crippen LogP contribution in [0.3, 0.4) is 0 Å². The Hall–Kier alpha value is -4.16. The minimum absolute atomic E-state index is 0.170. The number of nitro groups is 1. The molecular weight excluding hydrogens is 449 g/mol. The van der Waals surface area contributed by atoms with E-state index in [0.717, 1.165) is 17.0 Å². The highest BCUT2D eigenvalue weighted by molar-refractivity contribution is 6.10. The molecule has 1 atom stereocenters. The number of non-ortho nitro benzene ring substituents is 1. The van der Waals surface area contributed by atoms with Crippen molar-refractivity contribution in [1.29, 1.82) is 0 Å². The van der Waals surface area contributed by atoms with Crippen molar-refractivity contribution < 1.29 is 37.2 Å². The number of halogens is 3. The number of carbonyl (C=O) groups excluding carboxylic acids is 3. The van der Waals surface area contributed by atoms with Crippen LogP contribution in [-0.2, 0) is 15.1 Å². The van der Waals surface area contributed by atoms with E-state index in [1.54, 1.807) is 0 Å². The molecule has 4 amide bonds. The zero-order chi connectivity index (χ0) is 24.6. The fraction of sp³-hybridized carbons (Fsp3) is 0.250. The average Bonchev–Trinajstić information content (AvgIpc) is 2.96. The summed E-state index contributed by atoms with van der Waals surface area (Å²) in [6, 6.07) is 8.65. The third kappa shape index (κ3) is 4.86. The highest BCUT2D eigenvalue weighted by Crippen LogP contribution is 2.31. The van der Waals surface area contributed by atoms with Gasteiger partial charge < -0.3 is 15.0 Å². The second-order valence-electron chi connectivity index (χ2n) is 7.24. The van der Waals surface area contributed by atoms with Crippen LogP contribution < -0.4 is 15.0 Å². The maximum Gasteiger partial charge on any atom is 0.573 e. The van der Waals surface area contributed by atoms with Crippen molar-refractivity contribution in [3.05, 3.63) is 64.2 Å². The lowest BCUT2D eigenvalue weighted by molar-refractivity contribution is -0.384. The fourth-order valence-corrected chi connectivity index (χ4v) is 3.21. The number of imide groups is 1. The maximum absolute atomic E-state index is 13.0. The fourth-order valence-electron chi connectivity index (χ4n) is 3.21. The number of likely N-dealkylation sites (N-methyl/N-ethyl adjacent to an activating group) is 1. The van der Waals surface area contributed by atoms with Gasteiger partial charge in [-0.25, -0.2) is 4.79 Å². The maximum atomic E-state index is 13.0. The van der Waals surface area contributed by atoms with E-state index in [2.05, 4.69) is 10.1 Å². The number of hydrogen-bond donors (Lipinski definition) is 1. The van der Waals surface area contributed by atoms with Gasteiger partial charge in [0.2, 0.25) is 5.91 Å². The van der Waals surface area contributed by atoms with Crippen molar-refractivity contribution in [3.63, 3.8) is 0 Å². The zero-order valence-electron chi connectivity index (χ0n) is 17.3. The monoisotopic (exact) mass is 466 g/mol. The average molecular weight is 466 g/mol. The molecule has 1 unspecified atom stereocenters. The van der Waals surface area contributed by atoms with Crippen LogP contribution in [0.15, 0.2) is 48.5 Å². The number of urea groups is 1. The first-order chi connectivity index (χ1) is 15.3. The van der Waals surface area contributed by atoms with Gasteiger partial charge in [-0.15, -0.1) is 13.2 Å². The Bertz CT molecular complexity index is 1100. The van der Waals surface area contributed by atoms with E-state index in [1.807, 2.05) is 0 Å².